The summed E-state index contributed by atoms with van der Waals surface area (Å²) in [6.45, 7) is 3.13. The molecule has 2 aliphatic rings. The summed E-state index contributed by atoms with van der Waals surface area (Å²) in [5, 5.41) is 0. The normalized spacial score (nSPS) is 13.9. The van der Waals surface area contributed by atoms with E-state index in [-0.39, 0.29) is 0 Å². The van der Waals surface area contributed by atoms with Gasteiger partial charge in [0, 0.05) is 48.4 Å². The Bertz CT molecular complexity index is 2410. The molecule has 0 N–H and O–H groups in total. The first-order valence-electron chi connectivity index (χ1n) is 17.6. The van der Waals surface area contributed by atoms with E-state index in [1.807, 2.05) is 66.9 Å². The average Bonchev–Trinajstić information content (AvgIpc) is 3.75. The number of nitrogens with zero attached hydrogens (tertiary/aromatic N) is 3. The Kier molecular flexibility index (Phi) is 7.81. The van der Waals surface area contributed by atoms with Gasteiger partial charge in [0.15, 0.2) is 0 Å². The highest BCUT2D eigenvalue weighted by molar-refractivity contribution is 5.84. The van der Waals surface area contributed by atoms with Crippen LogP contribution in [0.2, 0.25) is 0 Å². The van der Waals surface area contributed by atoms with E-state index in [1.54, 1.807) is 0 Å². The molecule has 9 rings (SSSR count). The second-order valence-electron chi connectivity index (χ2n) is 13.6. The topological polar surface area (TPSA) is 37.8 Å². The molecule has 0 fully saturated rings. The van der Waals surface area contributed by atoms with Crippen LogP contribution >= 0.6 is 0 Å². The molecule has 6 aromatic carbocycles. The first kappa shape index (κ1) is 31.4. The van der Waals surface area contributed by atoms with E-state index in [2.05, 4.69) is 133 Å². The molecule has 0 unspecified atom stereocenters. The van der Waals surface area contributed by atoms with E-state index in [0.29, 0.717) is 0 Å². The molecule has 0 atom stereocenters. The molecule has 0 saturated carbocycles. The van der Waals surface area contributed by atoms with Gasteiger partial charge in [0.05, 0.1) is 12.4 Å². The van der Waals surface area contributed by atoms with Crippen LogP contribution in [-0.2, 0) is 5.41 Å². The fourth-order valence-electron chi connectivity index (χ4n) is 7.55. The minimum Gasteiger partial charge on any atom is -0.457 e. The molecular weight excluding hydrogens is 639 g/mol. The van der Waals surface area contributed by atoms with Crippen molar-refractivity contribution in [2.45, 2.75) is 12.3 Å². The summed E-state index contributed by atoms with van der Waals surface area (Å²) in [7, 11) is 2.07. The predicted octanol–water partition coefficient (Wildman–Crippen LogP) is 11.5. The van der Waals surface area contributed by atoms with Crippen molar-refractivity contribution in [3.8, 4) is 56.5 Å². The lowest BCUT2D eigenvalue weighted by Crippen LogP contribution is -2.22. The highest BCUT2D eigenvalue weighted by Gasteiger charge is 2.41. The van der Waals surface area contributed by atoms with Crippen LogP contribution in [0.4, 0.5) is 5.69 Å². The quantitative estimate of drug-likeness (QED) is 0.160. The summed E-state index contributed by atoms with van der Waals surface area (Å²) in [4.78, 5) is 9.27. The van der Waals surface area contributed by atoms with Gasteiger partial charge in [-0.05, 0) is 113 Å². The van der Waals surface area contributed by atoms with Crippen LogP contribution in [0.15, 0.2) is 176 Å². The molecule has 252 valence electrons. The van der Waals surface area contributed by atoms with Gasteiger partial charge in [-0.3, -0.25) is 4.98 Å². The largest absolute Gasteiger partial charge is 0.457 e. The molecule has 1 aliphatic carbocycles. The third-order valence-corrected chi connectivity index (χ3v) is 10.2. The number of ether oxygens (including phenoxy) is 2. The zero-order chi connectivity index (χ0) is 35.1. The van der Waals surface area contributed by atoms with Crippen molar-refractivity contribution in [2.24, 2.45) is 0 Å². The van der Waals surface area contributed by atoms with E-state index < -0.39 is 5.41 Å². The van der Waals surface area contributed by atoms with Crippen LogP contribution in [0.3, 0.4) is 0 Å². The first-order valence-corrected chi connectivity index (χ1v) is 17.6. The van der Waals surface area contributed by atoms with Crippen molar-refractivity contribution in [1.29, 1.82) is 0 Å². The van der Waals surface area contributed by atoms with Crippen LogP contribution in [0.25, 0.3) is 33.5 Å². The molecule has 5 heteroatoms. The van der Waals surface area contributed by atoms with Crippen LogP contribution in [-0.4, -0.2) is 23.6 Å². The van der Waals surface area contributed by atoms with Gasteiger partial charge >= 0.3 is 0 Å². The Morgan fingerprint density at radius 1 is 0.538 bits per heavy atom. The maximum absolute atomic E-state index is 6.77. The summed E-state index contributed by atoms with van der Waals surface area (Å²) in [5.74, 6) is 3.12. The van der Waals surface area contributed by atoms with Crippen molar-refractivity contribution in [3.63, 3.8) is 0 Å². The van der Waals surface area contributed by atoms with Gasteiger partial charge in [-0.2, -0.15) is 0 Å². The predicted molar refractivity (Wildman–Crippen MR) is 210 cm³/mol. The number of fused-ring (bicyclic) bond motifs is 3. The van der Waals surface area contributed by atoms with Gasteiger partial charge in [0.2, 0.25) is 0 Å². The number of rotatable bonds is 8. The third-order valence-electron chi connectivity index (χ3n) is 10.2. The highest BCUT2D eigenvalue weighted by atomic mass is 16.5. The number of para-hydroxylation sites is 1. The first-order chi connectivity index (χ1) is 25.5. The highest BCUT2D eigenvalue weighted by Crippen LogP contribution is 2.53. The molecule has 1 aromatic heterocycles. The fraction of sp³-hybridized carbons (Fsp3) is 0.0851. The van der Waals surface area contributed by atoms with Crippen molar-refractivity contribution in [1.82, 2.24) is 9.88 Å². The number of benzene rings is 6. The van der Waals surface area contributed by atoms with Gasteiger partial charge < -0.3 is 19.3 Å². The monoisotopic (exact) mass is 675 g/mol. The van der Waals surface area contributed by atoms with Crippen molar-refractivity contribution in [2.75, 3.05) is 18.6 Å². The fourth-order valence-corrected chi connectivity index (χ4v) is 7.55. The second kappa shape index (κ2) is 12.9. The Morgan fingerprint density at radius 2 is 1.17 bits per heavy atom. The van der Waals surface area contributed by atoms with Crippen LogP contribution < -0.4 is 14.4 Å². The number of anilines is 1. The summed E-state index contributed by atoms with van der Waals surface area (Å²) in [6, 6.07) is 54.6. The number of aromatic nitrogens is 1. The van der Waals surface area contributed by atoms with Crippen molar-refractivity contribution < 1.29 is 9.47 Å². The van der Waals surface area contributed by atoms with E-state index in [4.69, 9.17) is 14.5 Å². The van der Waals surface area contributed by atoms with Crippen LogP contribution in [0.1, 0.15) is 23.6 Å². The summed E-state index contributed by atoms with van der Waals surface area (Å²) in [5.41, 5.74) is 10.8. The Morgan fingerprint density at radius 3 is 1.92 bits per heavy atom. The summed E-state index contributed by atoms with van der Waals surface area (Å²) >= 11 is 0. The lowest BCUT2D eigenvalue weighted by molar-refractivity contribution is 0.479. The molecular formula is C47H37N3O2. The lowest BCUT2D eigenvalue weighted by atomic mass is 9.73. The molecule has 1 aliphatic heterocycles. The second-order valence-corrected chi connectivity index (χ2v) is 13.6. The van der Waals surface area contributed by atoms with E-state index in [9.17, 15) is 0 Å². The zero-order valence-electron chi connectivity index (χ0n) is 29.1. The maximum Gasteiger partial charge on any atom is 0.129 e. The molecule has 0 amide bonds. The maximum atomic E-state index is 6.77. The van der Waals surface area contributed by atoms with Crippen molar-refractivity contribution >= 4 is 5.69 Å². The summed E-state index contributed by atoms with van der Waals surface area (Å²) in [6.07, 6.45) is 6.05. The number of hydrogen-bond donors (Lipinski definition) is 0. The average molecular weight is 676 g/mol. The molecule has 0 saturated heterocycles. The van der Waals surface area contributed by atoms with E-state index in [0.717, 1.165) is 63.3 Å². The standard InChI is InChI=1S/C47H37N3O2/c1-47(44-20-8-6-18-42(44)43-19-7-9-21-45(43)47)36-26-35(28-41(30-36)52-40-17-11-13-37(31-40)50-25-24-49(2)32-50)46-29-34(22-23-48-46)33-12-10-16-39(27-33)51-38-14-4-3-5-15-38/h3-31H,32H2,1-2H3. The zero-order valence-corrected chi connectivity index (χ0v) is 29.1. The molecule has 5 nitrogen and oxygen atoms in total. The number of hydrogen-bond acceptors (Lipinski definition) is 5. The van der Waals surface area contributed by atoms with E-state index >= 15 is 0 Å². The Labute approximate surface area is 304 Å². The Hall–Kier alpha value is -6.59. The minimum atomic E-state index is -0.408. The van der Waals surface area contributed by atoms with Gasteiger partial charge in [0.25, 0.3) is 0 Å². The van der Waals surface area contributed by atoms with Gasteiger partial charge in [-0.15, -0.1) is 0 Å². The lowest BCUT2D eigenvalue weighted by Gasteiger charge is -2.29. The molecule has 2 heterocycles. The van der Waals surface area contributed by atoms with Crippen LogP contribution in [0.5, 0.6) is 23.0 Å². The SMILES string of the molecule is CN1C=CN(c2cccc(Oc3cc(-c4cc(-c5cccc(Oc6ccccc6)c5)ccn4)cc(C4(C)c5ccccc5-c5ccccc54)c3)c2)C1. The van der Waals surface area contributed by atoms with Gasteiger partial charge in [-0.25, -0.2) is 0 Å². The van der Waals surface area contributed by atoms with E-state index in [1.165, 1.54) is 22.3 Å². The molecule has 52 heavy (non-hydrogen) atoms. The molecule has 0 bridgehead atoms. The van der Waals surface area contributed by atoms with Crippen LogP contribution in [0, 0.1) is 0 Å². The molecule has 0 radical (unpaired) electrons. The third kappa shape index (κ3) is 5.76. The van der Waals surface area contributed by atoms with Gasteiger partial charge in [-0.1, -0.05) is 84.9 Å². The molecule has 7 aromatic rings. The number of pyridine rings is 1. The smallest absolute Gasteiger partial charge is 0.129 e. The minimum absolute atomic E-state index is 0.408. The Balaban J connectivity index is 1.14. The summed E-state index contributed by atoms with van der Waals surface area (Å²) < 4.78 is 12.9. The van der Waals surface area contributed by atoms with Crippen molar-refractivity contribution in [3.05, 3.63) is 193 Å². The molecule has 0 spiro atoms. The van der Waals surface area contributed by atoms with Gasteiger partial charge in [0.1, 0.15) is 23.0 Å².